The molecule has 18 rings (SSSR count). The topological polar surface area (TPSA) is 56.6 Å². The van der Waals surface area contributed by atoms with E-state index < -0.39 is 17.0 Å². The van der Waals surface area contributed by atoms with Gasteiger partial charge in [-0.2, -0.15) is 0 Å². The van der Waals surface area contributed by atoms with Crippen molar-refractivity contribution in [2.75, 3.05) is 26.4 Å². The zero-order valence-electron chi connectivity index (χ0n) is 47.5. The highest BCUT2D eigenvalue weighted by atomic mass is 16.7. The fraction of sp³-hybridized carbons (Fsp3) is 0.0886. The van der Waals surface area contributed by atoms with E-state index in [1.54, 1.807) is 0 Å². The van der Waals surface area contributed by atoms with E-state index >= 15 is 0 Å². The molecule has 2 saturated heterocycles. The molecule has 8 heteroatoms. The van der Waals surface area contributed by atoms with Crippen molar-refractivity contribution in [1.82, 2.24) is 18.3 Å². The van der Waals surface area contributed by atoms with E-state index in [4.69, 9.17) is 18.9 Å². The van der Waals surface area contributed by atoms with Gasteiger partial charge in [-0.3, -0.25) is 0 Å². The van der Waals surface area contributed by atoms with Crippen LogP contribution in [0.2, 0.25) is 0 Å². The number of ether oxygens (including phenoxy) is 4. The molecule has 0 saturated carbocycles. The summed E-state index contributed by atoms with van der Waals surface area (Å²) in [5.74, 6) is -2.52. The second-order valence-electron chi connectivity index (χ2n) is 23.6. The van der Waals surface area contributed by atoms with Crippen LogP contribution in [0.25, 0.3) is 110 Å². The smallest absolute Gasteiger partial charge is 0.222 e. The van der Waals surface area contributed by atoms with Crippen LogP contribution in [0.3, 0.4) is 0 Å². The molecule has 0 unspecified atom stereocenters. The van der Waals surface area contributed by atoms with Crippen molar-refractivity contribution in [2.45, 2.75) is 11.6 Å². The molecule has 87 heavy (non-hydrogen) atoms. The first kappa shape index (κ1) is 50.0. The molecule has 12 aromatic carbocycles. The van der Waals surface area contributed by atoms with Crippen molar-refractivity contribution in [1.29, 1.82) is 0 Å². The van der Waals surface area contributed by atoms with Crippen molar-refractivity contribution in [2.24, 2.45) is 5.41 Å². The summed E-state index contributed by atoms with van der Waals surface area (Å²) in [5, 5.41) is 9.74. The van der Waals surface area contributed by atoms with Crippen LogP contribution >= 0.6 is 0 Å². The number of nitrogens with zero attached hydrogens (tertiary/aromatic N) is 4. The normalized spacial score (nSPS) is 15.7. The van der Waals surface area contributed by atoms with Crippen LogP contribution in [-0.4, -0.2) is 44.7 Å². The lowest BCUT2D eigenvalue weighted by molar-refractivity contribution is -0.357. The lowest BCUT2D eigenvalue weighted by Gasteiger charge is -2.51. The average molecular weight is 1130 g/mol. The molecule has 2 aliphatic heterocycles. The molecule has 6 heterocycles. The van der Waals surface area contributed by atoms with E-state index in [1.165, 1.54) is 43.1 Å². The van der Waals surface area contributed by atoms with E-state index in [1.807, 2.05) is 0 Å². The summed E-state index contributed by atoms with van der Waals surface area (Å²) in [6.07, 6.45) is 0. The molecule has 0 radical (unpaired) electrons. The minimum Gasteiger partial charge on any atom is -0.341 e. The van der Waals surface area contributed by atoms with E-state index in [2.05, 4.69) is 309 Å². The first-order valence-electron chi connectivity index (χ1n) is 30.0. The molecule has 0 amide bonds. The maximum atomic E-state index is 7.41. The number of para-hydroxylation sites is 8. The van der Waals surface area contributed by atoms with Gasteiger partial charge in [0, 0.05) is 88.1 Å². The van der Waals surface area contributed by atoms with Crippen LogP contribution in [0.4, 0.5) is 0 Å². The van der Waals surface area contributed by atoms with Crippen molar-refractivity contribution in [3.8, 4) is 22.7 Å². The zero-order chi connectivity index (χ0) is 57.3. The number of fused-ring (bicyclic) bond motifs is 12. The molecule has 2 fully saturated rings. The SMILES string of the molecule is c1ccc2c(c1)c1ccccc1n2-c1ccc(C2(c3ccc(-n4c5ccccc5c5ccccc54)cc3)OCC3(CO2)COC(c2ccc(-n4c5ccccc5c5ccccc54)cc2)(c2ccc(-n4c5ccccc5c5ccccc54)cc2)OC3)cc1. The number of benzene rings is 12. The molecule has 4 aromatic heterocycles. The molecule has 0 aliphatic carbocycles. The maximum Gasteiger partial charge on any atom is 0.222 e. The second kappa shape index (κ2) is 19.4. The minimum atomic E-state index is -1.26. The summed E-state index contributed by atoms with van der Waals surface area (Å²) >= 11 is 0. The van der Waals surface area contributed by atoms with Crippen LogP contribution in [-0.2, 0) is 30.5 Å². The third-order valence-corrected chi connectivity index (χ3v) is 18.7. The van der Waals surface area contributed by atoms with Gasteiger partial charge in [0.1, 0.15) is 0 Å². The fourth-order valence-electron chi connectivity index (χ4n) is 14.5. The van der Waals surface area contributed by atoms with Gasteiger partial charge in [-0.05, 0) is 97.1 Å². The molecule has 8 nitrogen and oxygen atoms in total. The Morgan fingerprint density at radius 2 is 0.356 bits per heavy atom. The van der Waals surface area contributed by atoms with Gasteiger partial charge in [-0.25, -0.2) is 0 Å². The van der Waals surface area contributed by atoms with Gasteiger partial charge in [-0.15, -0.1) is 0 Å². The zero-order valence-corrected chi connectivity index (χ0v) is 47.5. The molecule has 0 bridgehead atoms. The Morgan fingerprint density at radius 3 is 0.529 bits per heavy atom. The first-order chi connectivity index (χ1) is 43.0. The summed E-state index contributed by atoms with van der Waals surface area (Å²) in [5.41, 5.74) is 16.4. The minimum absolute atomic E-state index is 0.311. The summed E-state index contributed by atoms with van der Waals surface area (Å²) in [6, 6.07) is 104. The molecular weight excluding hydrogens is 1070 g/mol. The predicted octanol–water partition coefficient (Wildman–Crippen LogP) is 18.3. The highest BCUT2D eigenvalue weighted by Crippen LogP contribution is 2.49. The van der Waals surface area contributed by atoms with Gasteiger partial charge in [0.05, 0.1) is 76.0 Å². The lowest BCUT2D eigenvalue weighted by Crippen LogP contribution is -2.57. The average Bonchev–Trinajstić information content (AvgIpc) is 1.94. The van der Waals surface area contributed by atoms with Crippen molar-refractivity contribution in [3.63, 3.8) is 0 Å². The van der Waals surface area contributed by atoms with Crippen molar-refractivity contribution in [3.05, 3.63) is 313 Å². The molecule has 1 spiro atoms. The van der Waals surface area contributed by atoms with Gasteiger partial charge in [-0.1, -0.05) is 194 Å². The fourth-order valence-corrected chi connectivity index (χ4v) is 14.5. The number of hydrogen-bond donors (Lipinski definition) is 0. The summed E-state index contributed by atoms with van der Waals surface area (Å²) in [7, 11) is 0. The Morgan fingerprint density at radius 1 is 0.195 bits per heavy atom. The summed E-state index contributed by atoms with van der Waals surface area (Å²) in [6.45, 7) is 1.25. The van der Waals surface area contributed by atoms with Crippen LogP contribution in [0.1, 0.15) is 22.3 Å². The van der Waals surface area contributed by atoms with Crippen LogP contribution in [0, 0.1) is 5.41 Å². The van der Waals surface area contributed by atoms with Crippen LogP contribution in [0.5, 0.6) is 0 Å². The van der Waals surface area contributed by atoms with Crippen LogP contribution in [0.15, 0.2) is 291 Å². The Bertz CT molecular complexity index is 4470. The highest BCUT2D eigenvalue weighted by molar-refractivity contribution is 6.12. The Labute approximate surface area is 501 Å². The second-order valence-corrected chi connectivity index (χ2v) is 23.6. The Balaban J connectivity index is 0.718. The Kier molecular flexibility index (Phi) is 11.1. The number of hydrogen-bond acceptors (Lipinski definition) is 4. The van der Waals surface area contributed by atoms with E-state index in [0.29, 0.717) is 26.4 Å². The molecule has 16 aromatic rings. The molecule has 0 N–H and O–H groups in total. The monoisotopic (exact) mass is 1120 g/mol. The van der Waals surface area contributed by atoms with Gasteiger partial charge < -0.3 is 37.2 Å². The first-order valence-corrected chi connectivity index (χ1v) is 30.0. The number of rotatable bonds is 8. The maximum absolute atomic E-state index is 7.41. The lowest BCUT2D eigenvalue weighted by atomic mass is 9.85. The molecule has 0 atom stereocenters. The standard InChI is InChI=1S/C79H56N4O4/c1-9-25-69-61(17-1)62-18-2-10-26-70(62)80(69)57-41-33-53(34-42-57)78(54-35-43-58(44-36-54)81-71-27-11-3-19-63(71)64-20-4-12-28-72(64)81)84-49-77(50-85-78)51-86-79(87-52-77,55-37-45-59(46-38-55)82-73-29-13-5-21-65(73)66-22-6-14-30-74(66)82)56-39-47-60(48-40-56)83-75-31-15-7-23-67(75)68-24-8-16-32-76(68)83/h1-48H,49-52H2. The van der Waals surface area contributed by atoms with Gasteiger partial charge >= 0.3 is 0 Å². The Hall–Kier alpha value is -10.3. The quantitative estimate of drug-likeness (QED) is 0.152. The van der Waals surface area contributed by atoms with Crippen LogP contribution < -0.4 is 0 Å². The highest BCUT2D eigenvalue weighted by Gasteiger charge is 2.53. The van der Waals surface area contributed by atoms with E-state index in [9.17, 15) is 0 Å². The third kappa shape index (κ3) is 7.52. The summed E-state index contributed by atoms with van der Waals surface area (Å²) < 4.78 is 39.0. The van der Waals surface area contributed by atoms with E-state index in [-0.39, 0.29) is 0 Å². The van der Waals surface area contributed by atoms with Gasteiger partial charge in [0.2, 0.25) is 11.6 Å². The molecular formula is C79H56N4O4. The predicted molar refractivity (Wildman–Crippen MR) is 351 cm³/mol. The number of aromatic nitrogens is 4. The van der Waals surface area contributed by atoms with Crippen molar-refractivity contribution >= 4 is 87.2 Å². The van der Waals surface area contributed by atoms with Gasteiger partial charge in [0.15, 0.2) is 0 Å². The third-order valence-electron chi connectivity index (χ3n) is 18.7. The van der Waals surface area contributed by atoms with Crippen molar-refractivity contribution < 1.29 is 18.9 Å². The molecule has 2 aliphatic rings. The molecule has 416 valence electrons. The summed E-state index contributed by atoms with van der Waals surface area (Å²) in [4.78, 5) is 0. The largest absolute Gasteiger partial charge is 0.341 e. The van der Waals surface area contributed by atoms with Gasteiger partial charge in [0.25, 0.3) is 0 Å². The van der Waals surface area contributed by atoms with E-state index in [0.717, 1.165) is 89.1 Å².